The SMILES string of the molecule is CCN(c1cc(-c2ccc3c(c2)N(CC(C)(C)C)CC32CCOCC2)cc(C(=O)NCc2c(C)cc(C)[nH]c2=O)c1C)C1CCOCC1. The highest BCUT2D eigenvalue weighted by molar-refractivity contribution is 5.99. The third kappa shape index (κ3) is 6.92. The summed E-state index contributed by atoms with van der Waals surface area (Å²) in [5.74, 6) is -0.172. The fourth-order valence-corrected chi connectivity index (χ4v) is 8.25. The van der Waals surface area contributed by atoms with Crippen LogP contribution in [0.25, 0.3) is 11.1 Å². The van der Waals surface area contributed by atoms with Crippen LogP contribution in [0.5, 0.6) is 0 Å². The summed E-state index contributed by atoms with van der Waals surface area (Å²) in [4.78, 5) is 34.8. The predicted molar refractivity (Wildman–Crippen MR) is 195 cm³/mol. The molecule has 3 aliphatic heterocycles. The van der Waals surface area contributed by atoms with Gasteiger partial charge in [0.1, 0.15) is 0 Å². The lowest BCUT2D eigenvalue weighted by molar-refractivity contribution is 0.0550. The van der Waals surface area contributed by atoms with Crippen LogP contribution in [0.15, 0.2) is 41.2 Å². The Kier molecular flexibility index (Phi) is 9.78. The second-order valence-electron chi connectivity index (χ2n) is 15.5. The molecular weight excluding hydrogens is 600 g/mol. The molecule has 258 valence electrons. The fourth-order valence-electron chi connectivity index (χ4n) is 8.25. The Hall–Kier alpha value is -3.62. The number of aryl methyl sites for hydroxylation is 2. The smallest absolute Gasteiger partial charge is 0.253 e. The number of fused-ring (bicyclic) bond motifs is 2. The third-order valence-electron chi connectivity index (χ3n) is 10.7. The Bertz CT molecular complexity index is 1710. The molecule has 48 heavy (non-hydrogen) atoms. The molecule has 0 bridgehead atoms. The van der Waals surface area contributed by atoms with Crippen LogP contribution in [0.2, 0.25) is 0 Å². The van der Waals surface area contributed by atoms with Crippen LogP contribution in [0, 0.1) is 26.2 Å². The van der Waals surface area contributed by atoms with Crippen LogP contribution in [-0.2, 0) is 21.4 Å². The number of benzene rings is 2. The first-order valence-corrected chi connectivity index (χ1v) is 17.8. The third-order valence-corrected chi connectivity index (χ3v) is 10.7. The summed E-state index contributed by atoms with van der Waals surface area (Å²) < 4.78 is 11.5. The highest BCUT2D eigenvalue weighted by Gasteiger charge is 2.44. The molecule has 1 spiro atoms. The van der Waals surface area contributed by atoms with Crippen molar-refractivity contribution in [2.24, 2.45) is 5.41 Å². The highest BCUT2D eigenvalue weighted by atomic mass is 16.5. The first kappa shape index (κ1) is 34.3. The van der Waals surface area contributed by atoms with Gasteiger partial charge in [-0.25, -0.2) is 0 Å². The molecule has 0 aliphatic carbocycles. The number of anilines is 2. The van der Waals surface area contributed by atoms with Gasteiger partial charge in [0.05, 0.1) is 0 Å². The standard InChI is InChI=1S/C40H54N4O4/c1-8-44(31-11-15-47-16-12-31)35-22-30(20-32(28(35)4)37(45)41-23-33-26(2)19-27(3)42-38(33)46)29-9-10-34-36(21-29)43(24-39(5,6)7)25-40(34)13-17-48-18-14-40/h9-10,19-22,31H,8,11-18,23-25H2,1-7H3,(H,41,45)(H,42,46). The molecule has 2 saturated heterocycles. The van der Waals surface area contributed by atoms with Crippen molar-refractivity contribution in [1.82, 2.24) is 10.3 Å². The Labute approximate surface area is 286 Å². The van der Waals surface area contributed by atoms with Crippen molar-refractivity contribution in [2.75, 3.05) is 55.9 Å². The van der Waals surface area contributed by atoms with Gasteiger partial charge in [0.15, 0.2) is 0 Å². The van der Waals surface area contributed by atoms with E-state index in [0.29, 0.717) is 17.2 Å². The molecule has 1 aromatic heterocycles. The molecule has 0 radical (unpaired) electrons. The Morgan fingerprint density at radius 1 is 1.00 bits per heavy atom. The Morgan fingerprint density at radius 3 is 2.38 bits per heavy atom. The predicted octanol–water partition coefficient (Wildman–Crippen LogP) is 6.82. The number of H-pyrrole nitrogens is 1. The van der Waals surface area contributed by atoms with E-state index in [0.717, 1.165) is 105 Å². The number of ether oxygens (including phenoxy) is 2. The first-order chi connectivity index (χ1) is 22.9. The molecule has 0 unspecified atom stereocenters. The highest BCUT2D eigenvalue weighted by Crippen LogP contribution is 2.49. The van der Waals surface area contributed by atoms with Crippen LogP contribution >= 0.6 is 0 Å². The van der Waals surface area contributed by atoms with Gasteiger partial charge in [-0.2, -0.15) is 0 Å². The number of carbonyl (C=O) groups excluding carboxylic acids is 1. The second-order valence-corrected chi connectivity index (χ2v) is 15.5. The van der Waals surface area contributed by atoms with E-state index in [4.69, 9.17) is 9.47 Å². The van der Waals surface area contributed by atoms with Gasteiger partial charge >= 0.3 is 0 Å². The molecule has 3 aromatic rings. The molecule has 8 heteroatoms. The quantitative estimate of drug-likeness (QED) is 0.278. The number of hydrogen-bond acceptors (Lipinski definition) is 6. The number of aromatic nitrogens is 1. The minimum Gasteiger partial charge on any atom is -0.381 e. The average molecular weight is 655 g/mol. The molecule has 6 rings (SSSR count). The number of nitrogens with zero attached hydrogens (tertiary/aromatic N) is 2. The zero-order valence-electron chi connectivity index (χ0n) is 30.1. The lowest BCUT2D eigenvalue weighted by Crippen LogP contribution is -2.41. The zero-order valence-corrected chi connectivity index (χ0v) is 30.1. The lowest BCUT2D eigenvalue weighted by Gasteiger charge is -2.37. The molecule has 1 amide bonds. The van der Waals surface area contributed by atoms with E-state index in [2.05, 4.69) is 79.0 Å². The molecule has 3 aliphatic rings. The molecular formula is C40H54N4O4. The monoisotopic (exact) mass is 654 g/mol. The minimum absolute atomic E-state index is 0.120. The van der Waals surface area contributed by atoms with Gasteiger partial charge in [-0.15, -0.1) is 0 Å². The normalized spacial score (nSPS) is 17.9. The maximum Gasteiger partial charge on any atom is 0.253 e. The van der Waals surface area contributed by atoms with Gasteiger partial charge < -0.3 is 29.6 Å². The summed E-state index contributed by atoms with van der Waals surface area (Å²) in [6, 6.07) is 13.6. The number of rotatable bonds is 8. The van der Waals surface area contributed by atoms with Crippen LogP contribution in [-0.4, -0.2) is 63.0 Å². The number of hydrogen-bond donors (Lipinski definition) is 2. The van der Waals surface area contributed by atoms with E-state index in [1.165, 1.54) is 11.3 Å². The van der Waals surface area contributed by atoms with Gasteiger partial charge in [0.25, 0.3) is 11.5 Å². The summed E-state index contributed by atoms with van der Waals surface area (Å²) in [5, 5.41) is 3.10. The van der Waals surface area contributed by atoms with Gasteiger partial charge in [0, 0.05) is 92.3 Å². The molecule has 4 heterocycles. The largest absolute Gasteiger partial charge is 0.381 e. The van der Waals surface area contributed by atoms with Crippen LogP contribution < -0.4 is 20.7 Å². The summed E-state index contributed by atoms with van der Waals surface area (Å²) in [5.41, 5.74) is 9.94. The van der Waals surface area contributed by atoms with Crippen molar-refractivity contribution < 1.29 is 14.3 Å². The second kappa shape index (κ2) is 13.7. The van der Waals surface area contributed by atoms with Gasteiger partial charge in [-0.05, 0) is 111 Å². The number of carbonyl (C=O) groups is 1. The van der Waals surface area contributed by atoms with Crippen LogP contribution in [0.1, 0.15) is 91.7 Å². The number of aromatic amines is 1. The molecule has 8 nitrogen and oxygen atoms in total. The van der Waals surface area contributed by atoms with Gasteiger partial charge in [0.2, 0.25) is 0 Å². The van der Waals surface area contributed by atoms with Gasteiger partial charge in [-0.1, -0.05) is 32.9 Å². The maximum atomic E-state index is 14.1. The van der Waals surface area contributed by atoms with Crippen molar-refractivity contribution in [3.8, 4) is 11.1 Å². The average Bonchev–Trinajstić information content (AvgIpc) is 3.32. The lowest BCUT2D eigenvalue weighted by atomic mass is 9.75. The van der Waals surface area contributed by atoms with Crippen LogP contribution in [0.3, 0.4) is 0 Å². The minimum atomic E-state index is -0.172. The van der Waals surface area contributed by atoms with Crippen LogP contribution in [0.4, 0.5) is 11.4 Å². The Morgan fingerprint density at radius 2 is 1.71 bits per heavy atom. The topological polar surface area (TPSA) is 86.9 Å². The van der Waals surface area contributed by atoms with Crippen molar-refractivity contribution in [3.63, 3.8) is 0 Å². The number of pyridine rings is 1. The molecule has 2 fully saturated rings. The summed E-state index contributed by atoms with van der Waals surface area (Å²) >= 11 is 0. The molecule has 0 saturated carbocycles. The van der Waals surface area contributed by atoms with E-state index in [1.54, 1.807) is 0 Å². The van der Waals surface area contributed by atoms with E-state index in [1.807, 2.05) is 26.0 Å². The van der Waals surface area contributed by atoms with Crippen molar-refractivity contribution in [2.45, 2.75) is 92.2 Å². The zero-order chi connectivity index (χ0) is 34.2. The van der Waals surface area contributed by atoms with E-state index in [-0.39, 0.29) is 28.8 Å². The van der Waals surface area contributed by atoms with E-state index >= 15 is 0 Å². The van der Waals surface area contributed by atoms with E-state index < -0.39 is 0 Å². The summed E-state index contributed by atoms with van der Waals surface area (Å²) in [6.45, 7) is 21.1. The van der Waals surface area contributed by atoms with Crippen molar-refractivity contribution in [3.05, 3.63) is 80.3 Å². The Balaban J connectivity index is 1.42. The number of amides is 1. The molecule has 2 N–H and O–H groups in total. The molecule has 2 aromatic carbocycles. The fraction of sp³-hybridized carbons (Fsp3) is 0.550. The summed E-state index contributed by atoms with van der Waals surface area (Å²) in [7, 11) is 0. The summed E-state index contributed by atoms with van der Waals surface area (Å²) in [6.07, 6.45) is 4.00. The maximum absolute atomic E-state index is 14.1. The van der Waals surface area contributed by atoms with Gasteiger partial charge in [-0.3, -0.25) is 9.59 Å². The first-order valence-electron chi connectivity index (χ1n) is 17.8. The van der Waals surface area contributed by atoms with E-state index in [9.17, 15) is 9.59 Å². The van der Waals surface area contributed by atoms with Crippen molar-refractivity contribution >= 4 is 17.3 Å². The molecule has 0 atom stereocenters. The number of nitrogens with one attached hydrogen (secondary N) is 2. The van der Waals surface area contributed by atoms with Crippen molar-refractivity contribution in [1.29, 1.82) is 0 Å².